The van der Waals surface area contributed by atoms with Crippen LogP contribution in [0.4, 0.5) is 24.5 Å². The lowest BCUT2D eigenvalue weighted by atomic mass is 10.1. The molecule has 25 heavy (non-hydrogen) atoms. The Labute approximate surface area is 148 Å². The number of halogens is 3. The fourth-order valence-electron chi connectivity index (χ4n) is 2.15. The number of thiocarbonyl (C=S) groups is 1. The largest absolute Gasteiger partial charge is 0.353 e. The van der Waals surface area contributed by atoms with Gasteiger partial charge in [0, 0.05) is 5.69 Å². The molecule has 0 atom stereocenters. The Morgan fingerprint density at radius 2 is 1.64 bits per heavy atom. The quantitative estimate of drug-likeness (QED) is 0.570. The maximum absolute atomic E-state index is 13.5. The van der Waals surface area contributed by atoms with Gasteiger partial charge >= 0.3 is 0 Å². The van der Waals surface area contributed by atoms with Gasteiger partial charge in [-0.1, -0.05) is 18.2 Å². The summed E-state index contributed by atoms with van der Waals surface area (Å²) in [6.07, 6.45) is 0. The van der Waals surface area contributed by atoms with Gasteiger partial charge in [0.05, 0.1) is 12.2 Å². The molecular weight excluding hydrogens is 351 g/mol. The van der Waals surface area contributed by atoms with Crippen LogP contribution in [0.15, 0.2) is 30.3 Å². The van der Waals surface area contributed by atoms with Gasteiger partial charge in [0.15, 0.2) is 22.6 Å². The Hall–Kier alpha value is -2.61. The van der Waals surface area contributed by atoms with Crippen molar-refractivity contribution in [2.45, 2.75) is 13.8 Å². The van der Waals surface area contributed by atoms with Crippen molar-refractivity contribution in [3.8, 4) is 0 Å². The lowest BCUT2D eigenvalue weighted by Crippen LogP contribution is -2.36. The summed E-state index contributed by atoms with van der Waals surface area (Å²) >= 11 is 5.12. The summed E-state index contributed by atoms with van der Waals surface area (Å²) in [7, 11) is 0. The summed E-state index contributed by atoms with van der Waals surface area (Å²) in [5.74, 6) is -5.08. The highest BCUT2D eigenvalue weighted by Gasteiger charge is 2.15. The van der Waals surface area contributed by atoms with Crippen LogP contribution in [0.3, 0.4) is 0 Å². The average Bonchev–Trinajstić information content (AvgIpc) is 2.57. The molecule has 0 bridgehead atoms. The number of para-hydroxylation sites is 1. The number of rotatable bonds is 4. The first-order valence-corrected chi connectivity index (χ1v) is 7.75. The summed E-state index contributed by atoms with van der Waals surface area (Å²) in [6.45, 7) is 3.56. The van der Waals surface area contributed by atoms with Crippen LogP contribution in [0.1, 0.15) is 11.1 Å². The Morgan fingerprint density at radius 3 is 2.28 bits per heavy atom. The molecule has 1 amide bonds. The van der Waals surface area contributed by atoms with Crippen molar-refractivity contribution in [1.29, 1.82) is 0 Å². The Morgan fingerprint density at radius 1 is 1.00 bits per heavy atom. The molecule has 0 saturated carbocycles. The summed E-state index contributed by atoms with van der Waals surface area (Å²) in [6, 6.07) is 7.41. The number of benzene rings is 2. The molecule has 0 saturated heterocycles. The smallest absolute Gasteiger partial charge is 0.243 e. The minimum atomic E-state index is -1.64. The zero-order chi connectivity index (χ0) is 18.6. The third kappa shape index (κ3) is 4.69. The number of hydrogen-bond acceptors (Lipinski definition) is 2. The topological polar surface area (TPSA) is 53.2 Å². The second kappa shape index (κ2) is 7.98. The fraction of sp³-hybridized carbons (Fsp3) is 0.176. The second-order valence-corrected chi connectivity index (χ2v) is 5.75. The molecule has 0 spiro atoms. The third-order valence-corrected chi connectivity index (χ3v) is 3.68. The molecule has 0 fully saturated rings. The van der Waals surface area contributed by atoms with Crippen molar-refractivity contribution in [1.82, 2.24) is 5.32 Å². The zero-order valence-electron chi connectivity index (χ0n) is 13.5. The highest BCUT2D eigenvalue weighted by molar-refractivity contribution is 7.80. The molecule has 4 nitrogen and oxygen atoms in total. The maximum atomic E-state index is 13.5. The molecule has 8 heteroatoms. The number of anilines is 2. The molecule has 0 radical (unpaired) electrons. The van der Waals surface area contributed by atoms with Crippen molar-refractivity contribution in [3.05, 3.63) is 58.9 Å². The minimum Gasteiger partial charge on any atom is -0.353 e. The van der Waals surface area contributed by atoms with E-state index in [1.807, 2.05) is 32.0 Å². The Kier molecular flexibility index (Phi) is 5.97. The van der Waals surface area contributed by atoms with Crippen molar-refractivity contribution in [2.24, 2.45) is 0 Å². The fourth-order valence-corrected chi connectivity index (χ4v) is 2.32. The number of carbonyl (C=O) groups is 1. The second-order valence-electron chi connectivity index (χ2n) is 5.35. The van der Waals surface area contributed by atoms with Gasteiger partial charge in [-0.3, -0.25) is 4.79 Å². The van der Waals surface area contributed by atoms with Gasteiger partial charge in [-0.05, 0) is 49.3 Å². The van der Waals surface area contributed by atoms with Crippen LogP contribution in [-0.4, -0.2) is 17.6 Å². The van der Waals surface area contributed by atoms with E-state index in [0.29, 0.717) is 0 Å². The van der Waals surface area contributed by atoms with Gasteiger partial charge in [0.25, 0.3) is 0 Å². The molecule has 2 aromatic carbocycles. The van der Waals surface area contributed by atoms with Crippen LogP contribution in [0.5, 0.6) is 0 Å². The molecule has 0 aliphatic rings. The minimum absolute atomic E-state index is 0.207. The number of amides is 1. The molecule has 0 unspecified atom stereocenters. The van der Waals surface area contributed by atoms with E-state index in [9.17, 15) is 18.0 Å². The van der Waals surface area contributed by atoms with Gasteiger partial charge in [0.2, 0.25) is 5.91 Å². The third-order valence-electron chi connectivity index (χ3n) is 3.44. The van der Waals surface area contributed by atoms with Crippen LogP contribution >= 0.6 is 12.2 Å². The van der Waals surface area contributed by atoms with E-state index in [1.54, 1.807) is 0 Å². The van der Waals surface area contributed by atoms with Crippen LogP contribution in [0, 0.1) is 31.3 Å². The highest BCUT2D eigenvalue weighted by Crippen LogP contribution is 2.20. The molecule has 2 rings (SSSR count). The summed E-state index contributed by atoms with van der Waals surface area (Å²) in [5.41, 5.74) is 2.35. The monoisotopic (exact) mass is 367 g/mol. The lowest BCUT2D eigenvalue weighted by Gasteiger charge is -2.14. The van der Waals surface area contributed by atoms with E-state index in [-0.39, 0.29) is 11.7 Å². The lowest BCUT2D eigenvalue weighted by molar-refractivity contribution is -0.115. The Bertz CT molecular complexity index is 807. The molecule has 2 aromatic rings. The first-order chi connectivity index (χ1) is 11.8. The summed E-state index contributed by atoms with van der Waals surface area (Å²) in [4.78, 5) is 11.8. The molecule has 0 aliphatic heterocycles. The highest BCUT2D eigenvalue weighted by atomic mass is 32.1. The van der Waals surface area contributed by atoms with E-state index in [0.717, 1.165) is 28.9 Å². The van der Waals surface area contributed by atoms with E-state index >= 15 is 0 Å². The number of nitrogens with one attached hydrogen (secondary N) is 3. The molecular formula is C17H16F3N3OS. The normalized spacial score (nSPS) is 10.3. The van der Waals surface area contributed by atoms with Crippen molar-refractivity contribution in [2.75, 3.05) is 17.2 Å². The van der Waals surface area contributed by atoms with E-state index < -0.39 is 29.0 Å². The first-order valence-electron chi connectivity index (χ1n) is 7.34. The van der Waals surface area contributed by atoms with Gasteiger partial charge in [0.1, 0.15) is 0 Å². The summed E-state index contributed by atoms with van der Waals surface area (Å²) < 4.78 is 39.5. The van der Waals surface area contributed by atoms with Gasteiger partial charge in [-0.2, -0.15) is 0 Å². The van der Waals surface area contributed by atoms with Gasteiger partial charge in [-0.15, -0.1) is 0 Å². The van der Waals surface area contributed by atoms with Crippen molar-refractivity contribution < 1.29 is 18.0 Å². The van der Waals surface area contributed by atoms with E-state index in [2.05, 4.69) is 16.0 Å². The van der Waals surface area contributed by atoms with Crippen molar-refractivity contribution in [3.63, 3.8) is 0 Å². The van der Waals surface area contributed by atoms with Crippen LogP contribution in [0.2, 0.25) is 0 Å². The van der Waals surface area contributed by atoms with Crippen LogP contribution < -0.4 is 16.0 Å². The molecule has 0 aliphatic carbocycles. The number of aryl methyl sites for hydroxylation is 2. The first kappa shape index (κ1) is 18.7. The van der Waals surface area contributed by atoms with Crippen molar-refractivity contribution >= 4 is 34.6 Å². The average molecular weight is 367 g/mol. The van der Waals surface area contributed by atoms with E-state index in [1.165, 1.54) is 0 Å². The molecule has 132 valence electrons. The standard InChI is InChI=1S/C17H16F3N3OS/c1-9-4-3-5-10(2)16(9)23-17(25)21-8-13(24)22-12-7-6-11(18)14(19)15(12)20/h3-7H,8H2,1-2H3,(H,22,24)(H2,21,23,25). The zero-order valence-corrected chi connectivity index (χ0v) is 14.4. The van der Waals surface area contributed by atoms with Crippen LogP contribution in [-0.2, 0) is 4.79 Å². The van der Waals surface area contributed by atoms with Gasteiger partial charge in [-0.25, -0.2) is 13.2 Å². The summed E-state index contributed by atoms with van der Waals surface area (Å²) in [5, 5.41) is 8.01. The van der Waals surface area contributed by atoms with Crippen LogP contribution in [0.25, 0.3) is 0 Å². The van der Waals surface area contributed by atoms with Gasteiger partial charge < -0.3 is 16.0 Å². The number of hydrogen-bond donors (Lipinski definition) is 3. The number of carbonyl (C=O) groups excluding carboxylic acids is 1. The molecule has 0 heterocycles. The molecule has 0 aromatic heterocycles. The Balaban J connectivity index is 1.92. The predicted octanol–water partition coefficient (Wildman–Crippen LogP) is 3.65. The maximum Gasteiger partial charge on any atom is 0.243 e. The predicted molar refractivity (Wildman–Crippen MR) is 95.1 cm³/mol. The van der Waals surface area contributed by atoms with E-state index in [4.69, 9.17) is 12.2 Å². The SMILES string of the molecule is Cc1cccc(C)c1NC(=S)NCC(=O)Nc1ccc(F)c(F)c1F. The molecule has 3 N–H and O–H groups in total.